The Kier molecular flexibility index (Phi) is 4.16. The zero-order chi connectivity index (χ0) is 16.2. The number of allylic oxidation sites excluding steroid dienone is 6. The summed E-state index contributed by atoms with van der Waals surface area (Å²) in [5, 5.41) is 8.82. The van der Waals surface area contributed by atoms with Crippen LogP contribution in [-0.4, -0.2) is 0 Å². The molecule has 0 N–H and O–H groups in total. The highest BCUT2D eigenvalue weighted by Crippen LogP contribution is 2.31. The molecule has 0 spiro atoms. The first-order valence-electron chi connectivity index (χ1n) is 7.20. The molecule has 2 aromatic rings. The minimum atomic E-state index is -0.417. The van der Waals surface area contributed by atoms with Crippen LogP contribution in [0.3, 0.4) is 0 Å². The van der Waals surface area contributed by atoms with Crippen molar-refractivity contribution in [2.75, 3.05) is 0 Å². The van der Waals surface area contributed by atoms with Gasteiger partial charge in [-0.25, -0.2) is 8.78 Å². The van der Waals surface area contributed by atoms with Crippen LogP contribution in [0.15, 0.2) is 78.4 Å². The maximum Gasteiger partial charge on any atom is 0.127 e. The first-order valence-corrected chi connectivity index (χ1v) is 7.20. The Labute approximate surface area is 133 Å². The van der Waals surface area contributed by atoms with Gasteiger partial charge in [0.15, 0.2) is 0 Å². The number of nitrogens with zero attached hydrogens (tertiary/aromatic N) is 1. The molecule has 3 rings (SSSR count). The van der Waals surface area contributed by atoms with Crippen molar-refractivity contribution >= 4 is 5.57 Å². The fourth-order valence-electron chi connectivity index (χ4n) is 2.49. The quantitative estimate of drug-likeness (QED) is 0.696. The van der Waals surface area contributed by atoms with Crippen LogP contribution in [0, 0.1) is 11.3 Å². The first-order chi connectivity index (χ1) is 11.2. The molecular formula is C20H13F2N. The second-order valence-corrected chi connectivity index (χ2v) is 5.24. The number of halogens is 2. The lowest BCUT2D eigenvalue weighted by molar-refractivity contribution is 0.615. The third-order valence-corrected chi connectivity index (χ3v) is 3.73. The maximum absolute atomic E-state index is 14.0. The summed E-state index contributed by atoms with van der Waals surface area (Å²) in [5.41, 5.74) is 3.54. The lowest BCUT2D eigenvalue weighted by Gasteiger charge is -2.08. The van der Waals surface area contributed by atoms with Gasteiger partial charge in [-0.05, 0) is 41.0 Å². The van der Waals surface area contributed by atoms with Gasteiger partial charge in [-0.15, -0.1) is 0 Å². The highest BCUT2D eigenvalue weighted by atomic mass is 19.1. The predicted octanol–water partition coefficient (Wildman–Crippen LogP) is 5.72. The van der Waals surface area contributed by atoms with E-state index in [1.807, 2.05) is 24.3 Å². The lowest BCUT2D eigenvalue weighted by atomic mass is 9.97. The summed E-state index contributed by atoms with van der Waals surface area (Å²) in [6.07, 6.45) is 3.88. The molecule has 0 aliphatic heterocycles. The van der Waals surface area contributed by atoms with Crippen molar-refractivity contribution in [3.63, 3.8) is 0 Å². The highest BCUT2D eigenvalue weighted by molar-refractivity contribution is 5.74. The van der Waals surface area contributed by atoms with E-state index in [1.165, 1.54) is 18.2 Å². The topological polar surface area (TPSA) is 23.8 Å². The van der Waals surface area contributed by atoms with Gasteiger partial charge in [0.1, 0.15) is 11.7 Å². The summed E-state index contributed by atoms with van der Waals surface area (Å²) in [4.78, 5) is 0. The summed E-state index contributed by atoms with van der Waals surface area (Å²) in [6, 6.07) is 16.6. The van der Waals surface area contributed by atoms with Gasteiger partial charge in [0.2, 0.25) is 0 Å². The Morgan fingerprint density at radius 3 is 2.00 bits per heavy atom. The van der Waals surface area contributed by atoms with Crippen molar-refractivity contribution in [3.8, 4) is 17.2 Å². The largest absolute Gasteiger partial charge is 0.211 e. The summed E-state index contributed by atoms with van der Waals surface area (Å²) in [6.45, 7) is 0. The molecule has 0 heterocycles. The molecule has 0 atom stereocenters. The monoisotopic (exact) mass is 305 g/mol. The number of nitriles is 1. The zero-order valence-electron chi connectivity index (χ0n) is 12.3. The molecular weight excluding hydrogens is 292 g/mol. The Morgan fingerprint density at radius 2 is 1.39 bits per heavy atom. The van der Waals surface area contributed by atoms with Gasteiger partial charge in [0, 0.05) is 12.0 Å². The third kappa shape index (κ3) is 3.27. The minimum Gasteiger partial charge on any atom is -0.211 e. The molecule has 3 heteroatoms. The predicted molar refractivity (Wildman–Crippen MR) is 87.6 cm³/mol. The maximum atomic E-state index is 14.0. The molecule has 1 aliphatic rings. The molecule has 1 aliphatic carbocycles. The van der Waals surface area contributed by atoms with E-state index in [-0.39, 0.29) is 12.2 Å². The standard InChI is InChI=1S/C20H13F2N/c21-18-2-1-3-20(22)19(12-18)17-10-8-16(9-11-17)15-6-4-14(13-23)5-7-15/h1-11H,12H2. The van der Waals surface area contributed by atoms with Crippen LogP contribution in [0.5, 0.6) is 0 Å². The van der Waals surface area contributed by atoms with Gasteiger partial charge in [-0.1, -0.05) is 42.5 Å². The average molecular weight is 305 g/mol. The van der Waals surface area contributed by atoms with Crippen LogP contribution in [0.4, 0.5) is 8.78 Å². The van der Waals surface area contributed by atoms with E-state index >= 15 is 0 Å². The van der Waals surface area contributed by atoms with E-state index in [2.05, 4.69) is 6.07 Å². The van der Waals surface area contributed by atoms with Crippen LogP contribution >= 0.6 is 0 Å². The Balaban J connectivity index is 1.91. The van der Waals surface area contributed by atoms with E-state index in [4.69, 9.17) is 5.26 Å². The van der Waals surface area contributed by atoms with Crippen LogP contribution in [0.2, 0.25) is 0 Å². The molecule has 0 saturated carbocycles. The van der Waals surface area contributed by atoms with Crippen molar-refractivity contribution in [2.24, 2.45) is 0 Å². The minimum absolute atomic E-state index is 0.0466. The summed E-state index contributed by atoms with van der Waals surface area (Å²) in [5.74, 6) is -0.778. The second-order valence-electron chi connectivity index (χ2n) is 5.24. The molecule has 0 amide bonds. The van der Waals surface area contributed by atoms with Crippen LogP contribution in [0.25, 0.3) is 16.7 Å². The Hall–Kier alpha value is -2.99. The summed E-state index contributed by atoms with van der Waals surface area (Å²) in [7, 11) is 0. The fraction of sp³-hybridized carbons (Fsp3) is 0.0500. The molecule has 0 bridgehead atoms. The number of hydrogen-bond acceptors (Lipinski definition) is 1. The number of hydrogen-bond donors (Lipinski definition) is 0. The van der Waals surface area contributed by atoms with Gasteiger partial charge in [-0.3, -0.25) is 0 Å². The Morgan fingerprint density at radius 1 is 0.826 bits per heavy atom. The van der Waals surface area contributed by atoms with E-state index < -0.39 is 5.83 Å². The molecule has 1 nitrogen and oxygen atoms in total. The smallest absolute Gasteiger partial charge is 0.127 e. The van der Waals surface area contributed by atoms with Gasteiger partial charge in [-0.2, -0.15) is 5.26 Å². The van der Waals surface area contributed by atoms with Gasteiger partial charge in [0.05, 0.1) is 11.6 Å². The van der Waals surface area contributed by atoms with Gasteiger partial charge < -0.3 is 0 Å². The van der Waals surface area contributed by atoms with Gasteiger partial charge >= 0.3 is 0 Å². The fourth-order valence-corrected chi connectivity index (χ4v) is 2.49. The molecule has 2 aromatic carbocycles. The second kappa shape index (κ2) is 6.41. The van der Waals surface area contributed by atoms with Gasteiger partial charge in [0.25, 0.3) is 0 Å². The zero-order valence-corrected chi connectivity index (χ0v) is 12.3. The highest BCUT2D eigenvalue weighted by Gasteiger charge is 2.12. The molecule has 0 unspecified atom stereocenters. The normalized spacial score (nSPS) is 14.2. The summed E-state index contributed by atoms with van der Waals surface area (Å²) < 4.78 is 27.6. The van der Waals surface area contributed by atoms with E-state index in [1.54, 1.807) is 24.3 Å². The molecule has 0 aromatic heterocycles. The average Bonchev–Trinajstić information content (AvgIpc) is 2.76. The van der Waals surface area contributed by atoms with Crippen LogP contribution in [-0.2, 0) is 0 Å². The lowest BCUT2D eigenvalue weighted by Crippen LogP contribution is -1.88. The van der Waals surface area contributed by atoms with Crippen molar-refractivity contribution < 1.29 is 8.78 Å². The van der Waals surface area contributed by atoms with Crippen molar-refractivity contribution in [3.05, 3.63) is 89.5 Å². The third-order valence-electron chi connectivity index (χ3n) is 3.73. The molecule has 0 saturated heterocycles. The van der Waals surface area contributed by atoms with Crippen LogP contribution in [0.1, 0.15) is 17.5 Å². The van der Waals surface area contributed by atoms with Crippen LogP contribution < -0.4 is 0 Å². The van der Waals surface area contributed by atoms with Crippen molar-refractivity contribution in [1.29, 1.82) is 5.26 Å². The summed E-state index contributed by atoms with van der Waals surface area (Å²) >= 11 is 0. The van der Waals surface area contributed by atoms with E-state index in [0.29, 0.717) is 16.7 Å². The molecule has 0 fully saturated rings. The SMILES string of the molecule is N#Cc1ccc(-c2ccc(C3=C(F)C=CC=C(F)C3)cc2)cc1. The van der Waals surface area contributed by atoms with Crippen molar-refractivity contribution in [2.45, 2.75) is 6.42 Å². The molecule has 23 heavy (non-hydrogen) atoms. The molecule has 0 radical (unpaired) electrons. The van der Waals surface area contributed by atoms with E-state index in [0.717, 1.165) is 11.1 Å². The first kappa shape index (κ1) is 14.9. The Bertz CT molecular complexity index is 848. The van der Waals surface area contributed by atoms with E-state index in [9.17, 15) is 8.78 Å². The molecule has 112 valence electrons. The number of benzene rings is 2. The van der Waals surface area contributed by atoms with Crippen molar-refractivity contribution in [1.82, 2.24) is 0 Å². The number of rotatable bonds is 2.